The third-order valence-corrected chi connectivity index (χ3v) is 4.50. The molecule has 1 aliphatic rings. The summed E-state index contributed by atoms with van der Waals surface area (Å²) < 4.78 is 3.94. The van der Waals surface area contributed by atoms with E-state index in [0.29, 0.717) is 17.3 Å². The molecule has 1 amide bonds. The van der Waals surface area contributed by atoms with Crippen molar-refractivity contribution in [3.8, 4) is 0 Å². The van der Waals surface area contributed by atoms with Crippen LogP contribution in [0.5, 0.6) is 0 Å². The van der Waals surface area contributed by atoms with Crippen molar-refractivity contribution in [1.82, 2.24) is 14.5 Å². The fraction of sp³-hybridized carbons (Fsp3) is 0.769. The van der Waals surface area contributed by atoms with Gasteiger partial charge in [0.2, 0.25) is 0 Å². The zero-order valence-electron chi connectivity index (χ0n) is 11.8. The van der Waals surface area contributed by atoms with E-state index in [4.69, 9.17) is 5.73 Å². The van der Waals surface area contributed by atoms with Crippen molar-refractivity contribution < 1.29 is 4.79 Å². The predicted molar refractivity (Wildman–Crippen MR) is 76.3 cm³/mol. The van der Waals surface area contributed by atoms with Crippen LogP contribution in [0.4, 0.5) is 0 Å². The summed E-state index contributed by atoms with van der Waals surface area (Å²) in [5.74, 6) is 0.917. The molecule has 2 N–H and O–H groups in total. The van der Waals surface area contributed by atoms with Gasteiger partial charge in [0.05, 0.1) is 5.69 Å². The Morgan fingerprint density at radius 1 is 1.58 bits per heavy atom. The molecule has 1 aromatic rings. The van der Waals surface area contributed by atoms with Gasteiger partial charge in [-0.3, -0.25) is 4.79 Å². The van der Waals surface area contributed by atoms with Gasteiger partial charge in [0, 0.05) is 19.1 Å². The van der Waals surface area contributed by atoms with Gasteiger partial charge in [-0.25, -0.2) is 0 Å². The number of hydrogen-bond acceptors (Lipinski definition) is 5. The summed E-state index contributed by atoms with van der Waals surface area (Å²) in [4.78, 5) is 15.3. The minimum absolute atomic E-state index is 0.0565. The summed E-state index contributed by atoms with van der Waals surface area (Å²) in [6.45, 7) is 7.60. The maximum atomic E-state index is 12.7. The molecule has 0 radical (unpaired) electrons. The fourth-order valence-electron chi connectivity index (χ4n) is 2.60. The molecule has 19 heavy (non-hydrogen) atoms. The number of carbonyl (C=O) groups is 1. The molecule has 1 saturated heterocycles. The highest BCUT2D eigenvalue weighted by Crippen LogP contribution is 2.27. The van der Waals surface area contributed by atoms with Crippen molar-refractivity contribution in [3.05, 3.63) is 10.6 Å². The van der Waals surface area contributed by atoms with Gasteiger partial charge in [0.15, 0.2) is 0 Å². The average Bonchev–Trinajstić information content (AvgIpc) is 2.87. The molecular weight excluding hydrogens is 260 g/mol. The molecule has 1 aliphatic heterocycles. The fourth-order valence-corrected chi connectivity index (χ4v) is 3.37. The monoisotopic (exact) mass is 282 g/mol. The van der Waals surface area contributed by atoms with Gasteiger partial charge in [-0.05, 0) is 36.2 Å². The highest BCUT2D eigenvalue weighted by Gasteiger charge is 2.32. The number of nitrogens with two attached hydrogens (primary N) is 1. The minimum atomic E-state index is 0.0565. The molecule has 5 nitrogen and oxygen atoms in total. The van der Waals surface area contributed by atoms with Crippen LogP contribution in [0.2, 0.25) is 0 Å². The van der Waals surface area contributed by atoms with Crippen molar-refractivity contribution in [3.63, 3.8) is 0 Å². The first-order chi connectivity index (χ1) is 9.04. The van der Waals surface area contributed by atoms with E-state index in [1.54, 1.807) is 0 Å². The SMILES string of the molecule is CC1CCN(C(=O)c2snnc2C(C)C)C(CN)C1. The van der Waals surface area contributed by atoms with E-state index in [0.717, 1.165) is 25.1 Å². The molecule has 2 rings (SSSR count). The Balaban J connectivity index is 2.20. The van der Waals surface area contributed by atoms with Crippen molar-refractivity contribution in [2.45, 2.75) is 45.6 Å². The molecule has 106 valence electrons. The van der Waals surface area contributed by atoms with E-state index in [2.05, 4.69) is 16.5 Å². The van der Waals surface area contributed by atoms with E-state index in [-0.39, 0.29) is 17.9 Å². The van der Waals surface area contributed by atoms with E-state index >= 15 is 0 Å². The van der Waals surface area contributed by atoms with E-state index in [9.17, 15) is 4.79 Å². The summed E-state index contributed by atoms with van der Waals surface area (Å²) in [6.07, 6.45) is 2.04. The largest absolute Gasteiger partial charge is 0.334 e. The van der Waals surface area contributed by atoms with Gasteiger partial charge >= 0.3 is 0 Å². The van der Waals surface area contributed by atoms with Gasteiger partial charge in [-0.1, -0.05) is 25.3 Å². The van der Waals surface area contributed by atoms with Crippen LogP contribution in [0.3, 0.4) is 0 Å². The number of nitrogens with zero attached hydrogens (tertiary/aromatic N) is 3. The summed E-state index contributed by atoms with van der Waals surface area (Å²) in [5, 5.41) is 4.09. The summed E-state index contributed by atoms with van der Waals surface area (Å²) in [7, 11) is 0. The third kappa shape index (κ3) is 2.95. The number of likely N-dealkylation sites (tertiary alicyclic amines) is 1. The van der Waals surface area contributed by atoms with Crippen molar-refractivity contribution in [1.29, 1.82) is 0 Å². The van der Waals surface area contributed by atoms with Gasteiger partial charge in [-0.2, -0.15) is 0 Å². The van der Waals surface area contributed by atoms with Gasteiger partial charge < -0.3 is 10.6 Å². The predicted octanol–water partition coefficient (Wildman–Crippen LogP) is 1.86. The Kier molecular flexibility index (Phi) is 4.52. The molecule has 0 spiro atoms. The Labute approximate surface area is 118 Å². The van der Waals surface area contributed by atoms with Crippen LogP contribution >= 0.6 is 11.5 Å². The summed E-state index contributed by atoms with van der Waals surface area (Å²) in [6, 6.07) is 0.151. The lowest BCUT2D eigenvalue weighted by Crippen LogP contribution is -2.49. The topological polar surface area (TPSA) is 72.1 Å². The third-order valence-electron chi connectivity index (χ3n) is 3.77. The Bertz CT molecular complexity index is 446. The van der Waals surface area contributed by atoms with Crippen LogP contribution in [0.25, 0.3) is 0 Å². The number of aromatic nitrogens is 2. The van der Waals surface area contributed by atoms with Crippen LogP contribution in [-0.2, 0) is 0 Å². The first-order valence-corrected chi connectivity index (χ1v) is 7.65. The number of amides is 1. The first-order valence-electron chi connectivity index (χ1n) is 6.87. The normalized spacial score (nSPS) is 23.9. The second-order valence-corrected chi connectivity index (χ2v) is 6.41. The molecule has 2 heterocycles. The van der Waals surface area contributed by atoms with E-state index in [1.165, 1.54) is 11.5 Å². The van der Waals surface area contributed by atoms with E-state index in [1.807, 2.05) is 18.7 Å². The maximum Gasteiger partial charge on any atom is 0.267 e. The molecule has 1 aromatic heterocycles. The van der Waals surface area contributed by atoms with Crippen LogP contribution < -0.4 is 5.73 Å². The highest BCUT2D eigenvalue weighted by molar-refractivity contribution is 7.08. The molecule has 0 aromatic carbocycles. The van der Waals surface area contributed by atoms with Gasteiger partial charge in [-0.15, -0.1) is 5.10 Å². The minimum Gasteiger partial charge on any atom is -0.334 e. The molecule has 0 saturated carbocycles. The average molecular weight is 282 g/mol. The molecular formula is C13H22N4OS. The standard InChI is InChI=1S/C13H22N4OS/c1-8(2)11-12(19-16-15-11)13(18)17-5-4-9(3)6-10(17)7-14/h8-10H,4-7,14H2,1-3H3. The van der Waals surface area contributed by atoms with Crippen LogP contribution in [0.1, 0.15) is 54.9 Å². The quantitative estimate of drug-likeness (QED) is 0.918. The molecule has 2 atom stereocenters. The molecule has 2 unspecified atom stereocenters. The zero-order valence-corrected chi connectivity index (χ0v) is 12.6. The number of hydrogen-bond donors (Lipinski definition) is 1. The van der Waals surface area contributed by atoms with Crippen molar-refractivity contribution >= 4 is 17.4 Å². The lowest BCUT2D eigenvalue weighted by atomic mass is 9.92. The van der Waals surface area contributed by atoms with Crippen LogP contribution in [0.15, 0.2) is 0 Å². The smallest absolute Gasteiger partial charge is 0.267 e. The Hall–Kier alpha value is -1.01. The molecule has 0 bridgehead atoms. The van der Waals surface area contributed by atoms with Crippen LogP contribution in [0, 0.1) is 5.92 Å². The second kappa shape index (κ2) is 5.96. The van der Waals surface area contributed by atoms with Crippen LogP contribution in [-0.4, -0.2) is 39.5 Å². The summed E-state index contributed by atoms with van der Waals surface area (Å²) in [5.41, 5.74) is 6.63. The Morgan fingerprint density at radius 3 is 2.95 bits per heavy atom. The second-order valence-electron chi connectivity index (χ2n) is 5.66. The van der Waals surface area contributed by atoms with Gasteiger partial charge in [0.25, 0.3) is 5.91 Å². The highest BCUT2D eigenvalue weighted by atomic mass is 32.1. The molecule has 0 aliphatic carbocycles. The number of piperidine rings is 1. The maximum absolute atomic E-state index is 12.7. The van der Waals surface area contributed by atoms with Gasteiger partial charge in [0.1, 0.15) is 4.88 Å². The first kappa shape index (κ1) is 14.4. The lowest BCUT2D eigenvalue weighted by Gasteiger charge is -2.37. The summed E-state index contributed by atoms with van der Waals surface area (Å²) >= 11 is 1.20. The zero-order chi connectivity index (χ0) is 14.0. The molecule has 1 fully saturated rings. The number of carbonyl (C=O) groups excluding carboxylic acids is 1. The Morgan fingerprint density at radius 2 is 2.32 bits per heavy atom. The molecule has 6 heteroatoms. The van der Waals surface area contributed by atoms with Crippen molar-refractivity contribution in [2.75, 3.05) is 13.1 Å². The number of rotatable bonds is 3. The van der Waals surface area contributed by atoms with Crippen molar-refractivity contribution in [2.24, 2.45) is 11.7 Å². The van der Waals surface area contributed by atoms with E-state index < -0.39 is 0 Å². The lowest BCUT2D eigenvalue weighted by molar-refractivity contribution is 0.0577.